The van der Waals surface area contributed by atoms with Crippen molar-refractivity contribution in [2.45, 2.75) is 45.1 Å². The zero-order valence-electron chi connectivity index (χ0n) is 11.1. The van der Waals surface area contributed by atoms with E-state index in [0.29, 0.717) is 19.5 Å². The fourth-order valence-electron chi connectivity index (χ4n) is 2.95. The van der Waals surface area contributed by atoms with Gasteiger partial charge in [0.25, 0.3) is 0 Å². The topological polar surface area (TPSA) is 75.4 Å². The lowest BCUT2D eigenvalue weighted by Crippen LogP contribution is -2.43. The highest BCUT2D eigenvalue weighted by Crippen LogP contribution is 2.43. The van der Waals surface area contributed by atoms with Crippen molar-refractivity contribution in [1.82, 2.24) is 10.2 Å². The van der Waals surface area contributed by atoms with Crippen LogP contribution in [0.25, 0.3) is 0 Å². The van der Waals surface area contributed by atoms with Crippen molar-refractivity contribution in [1.29, 1.82) is 0 Å². The fraction of sp³-hybridized carbons (Fsp3) is 0.846. The average molecular weight is 253 g/mol. The number of hydrogen-bond acceptors (Lipinski definition) is 3. The minimum Gasteiger partial charge on any atom is -0.352 e. The molecule has 2 fully saturated rings. The number of nitrogens with two attached hydrogens (primary N) is 1. The second-order valence-electron chi connectivity index (χ2n) is 5.76. The van der Waals surface area contributed by atoms with Crippen LogP contribution >= 0.6 is 0 Å². The Labute approximate surface area is 108 Å². The summed E-state index contributed by atoms with van der Waals surface area (Å²) in [6.07, 6.45) is 4.80. The first-order valence-corrected chi connectivity index (χ1v) is 6.80. The van der Waals surface area contributed by atoms with Crippen LogP contribution in [0.5, 0.6) is 0 Å². The molecule has 1 unspecified atom stereocenters. The van der Waals surface area contributed by atoms with Gasteiger partial charge < -0.3 is 16.0 Å². The van der Waals surface area contributed by atoms with Crippen LogP contribution in [0, 0.1) is 5.41 Å². The van der Waals surface area contributed by atoms with Crippen molar-refractivity contribution in [3.8, 4) is 0 Å². The first-order chi connectivity index (χ1) is 8.54. The number of amides is 2. The van der Waals surface area contributed by atoms with Gasteiger partial charge in [0.2, 0.25) is 11.8 Å². The molecule has 0 bridgehead atoms. The van der Waals surface area contributed by atoms with Crippen LogP contribution in [-0.2, 0) is 9.59 Å². The van der Waals surface area contributed by atoms with Gasteiger partial charge in [-0.2, -0.15) is 0 Å². The molecule has 1 aliphatic heterocycles. The van der Waals surface area contributed by atoms with Crippen LogP contribution in [0.3, 0.4) is 0 Å². The highest BCUT2D eigenvalue weighted by Gasteiger charge is 2.39. The lowest BCUT2D eigenvalue weighted by Gasteiger charge is -2.41. The Hall–Kier alpha value is -1.10. The zero-order valence-corrected chi connectivity index (χ0v) is 11.1. The summed E-state index contributed by atoms with van der Waals surface area (Å²) in [5, 5.41) is 2.87. The van der Waals surface area contributed by atoms with Gasteiger partial charge in [-0.15, -0.1) is 0 Å². The minimum absolute atomic E-state index is 0.0216. The predicted molar refractivity (Wildman–Crippen MR) is 68.8 cm³/mol. The average Bonchev–Trinajstić information content (AvgIpc) is 2.70. The largest absolute Gasteiger partial charge is 0.352 e. The van der Waals surface area contributed by atoms with Crippen molar-refractivity contribution in [2.24, 2.45) is 11.1 Å². The van der Waals surface area contributed by atoms with E-state index in [1.807, 2.05) is 4.90 Å². The first kappa shape index (κ1) is 13.3. The van der Waals surface area contributed by atoms with Crippen molar-refractivity contribution in [3.05, 3.63) is 0 Å². The van der Waals surface area contributed by atoms with Crippen molar-refractivity contribution < 1.29 is 9.59 Å². The summed E-state index contributed by atoms with van der Waals surface area (Å²) in [5.74, 6) is 0.180. The maximum absolute atomic E-state index is 12.2. The number of nitrogens with zero attached hydrogens (tertiary/aromatic N) is 1. The molecule has 18 heavy (non-hydrogen) atoms. The van der Waals surface area contributed by atoms with Gasteiger partial charge in [-0.1, -0.05) is 6.42 Å². The Morgan fingerprint density at radius 1 is 1.44 bits per heavy atom. The highest BCUT2D eigenvalue weighted by molar-refractivity contribution is 5.78. The van der Waals surface area contributed by atoms with Crippen LogP contribution < -0.4 is 11.1 Å². The highest BCUT2D eigenvalue weighted by atomic mass is 16.2. The summed E-state index contributed by atoms with van der Waals surface area (Å²) in [6, 6.07) is 0.127. The monoisotopic (exact) mass is 253 g/mol. The number of carbonyl (C=O) groups is 2. The molecule has 1 saturated heterocycles. The van der Waals surface area contributed by atoms with Crippen LogP contribution in [-0.4, -0.2) is 42.4 Å². The van der Waals surface area contributed by atoms with Crippen molar-refractivity contribution in [3.63, 3.8) is 0 Å². The summed E-state index contributed by atoms with van der Waals surface area (Å²) in [6.45, 7) is 3.54. The molecule has 1 saturated carbocycles. The Bertz CT molecular complexity index is 334. The molecule has 1 atom stereocenters. The SMILES string of the molecule is CC(=O)NC1CCN(C(=O)CC2(CN)CCC2)C1. The molecule has 0 aromatic rings. The van der Waals surface area contributed by atoms with E-state index in [0.717, 1.165) is 25.8 Å². The van der Waals surface area contributed by atoms with E-state index >= 15 is 0 Å². The van der Waals surface area contributed by atoms with Crippen LogP contribution in [0.15, 0.2) is 0 Å². The van der Waals surface area contributed by atoms with Gasteiger partial charge in [-0.05, 0) is 31.2 Å². The maximum atomic E-state index is 12.2. The third-order valence-corrected chi connectivity index (χ3v) is 4.32. The van der Waals surface area contributed by atoms with Gasteiger partial charge in [0.05, 0.1) is 0 Å². The van der Waals surface area contributed by atoms with Crippen LogP contribution in [0.4, 0.5) is 0 Å². The number of likely N-dealkylation sites (tertiary alicyclic amines) is 1. The molecule has 1 aliphatic carbocycles. The van der Waals surface area contributed by atoms with Gasteiger partial charge >= 0.3 is 0 Å². The molecule has 2 amide bonds. The third kappa shape index (κ3) is 2.83. The molecule has 0 aromatic carbocycles. The summed E-state index contributed by atoms with van der Waals surface area (Å²) < 4.78 is 0. The molecule has 1 heterocycles. The maximum Gasteiger partial charge on any atom is 0.223 e. The Balaban J connectivity index is 1.82. The number of carbonyl (C=O) groups excluding carboxylic acids is 2. The van der Waals surface area contributed by atoms with Crippen molar-refractivity contribution >= 4 is 11.8 Å². The van der Waals surface area contributed by atoms with E-state index < -0.39 is 0 Å². The van der Waals surface area contributed by atoms with E-state index in [9.17, 15) is 9.59 Å². The minimum atomic E-state index is -0.0216. The van der Waals surface area contributed by atoms with Crippen LogP contribution in [0.2, 0.25) is 0 Å². The quantitative estimate of drug-likeness (QED) is 0.753. The molecule has 0 radical (unpaired) electrons. The summed E-state index contributed by atoms with van der Waals surface area (Å²) in [7, 11) is 0. The molecule has 2 aliphatic rings. The van der Waals surface area contributed by atoms with E-state index in [4.69, 9.17) is 5.73 Å². The Morgan fingerprint density at radius 2 is 2.17 bits per heavy atom. The van der Waals surface area contributed by atoms with Gasteiger partial charge in [0, 0.05) is 32.5 Å². The lowest BCUT2D eigenvalue weighted by atomic mass is 9.66. The molecular weight excluding hydrogens is 230 g/mol. The molecular formula is C13H23N3O2. The van der Waals surface area contributed by atoms with Crippen LogP contribution in [0.1, 0.15) is 39.0 Å². The second kappa shape index (κ2) is 5.26. The van der Waals surface area contributed by atoms with Gasteiger partial charge in [-0.25, -0.2) is 0 Å². The standard InChI is InChI=1S/C13H23N3O2/c1-10(17)15-11-3-6-16(8-11)12(18)7-13(9-14)4-2-5-13/h11H,2-9,14H2,1H3,(H,15,17). The predicted octanol–water partition coefficient (Wildman–Crippen LogP) is 0.243. The number of nitrogens with one attached hydrogen (secondary N) is 1. The first-order valence-electron chi connectivity index (χ1n) is 6.80. The van der Waals surface area contributed by atoms with Gasteiger partial charge in [0.1, 0.15) is 0 Å². The number of rotatable bonds is 4. The Kier molecular flexibility index (Phi) is 3.90. The summed E-state index contributed by atoms with van der Waals surface area (Å²) in [5.41, 5.74) is 5.85. The summed E-state index contributed by atoms with van der Waals surface area (Å²) >= 11 is 0. The molecule has 3 N–H and O–H groups in total. The molecule has 0 aromatic heterocycles. The molecule has 102 valence electrons. The number of hydrogen-bond donors (Lipinski definition) is 2. The van der Waals surface area contributed by atoms with Gasteiger partial charge in [-0.3, -0.25) is 9.59 Å². The molecule has 2 rings (SSSR count). The smallest absolute Gasteiger partial charge is 0.223 e. The third-order valence-electron chi connectivity index (χ3n) is 4.32. The normalized spacial score (nSPS) is 25.7. The van der Waals surface area contributed by atoms with E-state index in [1.165, 1.54) is 13.3 Å². The lowest BCUT2D eigenvalue weighted by molar-refractivity contribution is -0.134. The zero-order chi connectivity index (χ0) is 13.2. The van der Waals surface area contributed by atoms with Crippen molar-refractivity contribution in [2.75, 3.05) is 19.6 Å². The second-order valence-corrected chi connectivity index (χ2v) is 5.76. The van der Waals surface area contributed by atoms with Gasteiger partial charge in [0.15, 0.2) is 0 Å². The van der Waals surface area contributed by atoms with E-state index in [2.05, 4.69) is 5.32 Å². The summed E-state index contributed by atoms with van der Waals surface area (Å²) in [4.78, 5) is 25.0. The van der Waals surface area contributed by atoms with E-state index in [-0.39, 0.29) is 23.3 Å². The fourth-order valence-corrected chi connectivity index (χ4v) is 2.95. The molecule has 5 heteroatoms. The van der Waals surface area contributed by atoms with E-state index in [1.54, 1.807) is 0 Å². The Morgan fingerprint density at radius 3 is 2.67 bits per heavy atom. The molecule has 0 spiro atoms. The molecule has 5 nitrogen and oxygen atoms in total.